The van der Waals surface area contributed by atoms with Crippen molar-refractivity contribution in [2.24, 2.45) is 5.84 Å². The highest BCUT2D eigenvalue weighted by atomic mass is 16.1. The Kier molecular flexibility index (Phi) is 3.98. The van der Waals surface area contributed by atoms with Crippen molar-refractivity contribution in [3.8, 4) is 11.1 Å². The van der Waals surface area contributed by atoms with Crippen LogP contribution in [0.1, 0.15) is 5.56 Å². The number of hydrogen-bond donors (Lipinski definition) is 2. The van der Waals surface area contributed by atoms with Gasteiger partial charge in [-0.1, -0.05) is 60.7 Å². The Hall–Kier alpha value is -2.92. The summed E-state index contributed by atoms with van der Waals surface area (Å²) in [5.74, 6) is 5.52. The molecule has 0 aliphatic carbocycles. The molecule has 2 aromatic carbocycles. The second kappa shape index (κ2) is 6.24. The number of nitrogens with zero attached hydrogens (tertiary/aromatic N) is 2. The van der Waals surface area contributed by atoms with Crippen LogP contribution in [0.5, 0.6) is 0 Å². The van der Waals surface area contributed by atoms with Crippen molar-refractivity contribution in [3.05, 3.63) is 82.8 Å². The Balaban J connectivity index is 2.09. The highest BCUT2D eigenvalue weighted by Crippen LogP contribution is 2.22. The molecular formula is C17H16N4O. The zero-order valence-electron chi connectivity index (χ0n) is 11.9. The lowest BCUT2D eigenvalue weighted by Crippen LogP contribution is -2.27. The summed E-state index contributed by atoms with van der Waals surface area (Å²) in [6, 6.07) is 19.2. The van der Waals surface area contributed by atoms with E-state index in [-0.39, 0.29) is 5.56 Å². The predicted molar refractivity (Wildman–Crippen MR) is 87.3 cm³/mol. The average molecular weight is 292 g/mol. The largest absolute Gasteiger partial charge is 0.322 e. The number of aromatic nitrogens is 2. The Morgan fingerprint density at radius 2 is 1.64 bits per heavy atom. The van der Waals surface area contributed by atoms with Gasteiger partial charge >= 0.3 is 0 Å². The molecule has 3 rings (SSSR count). The molecule has 0 bridgehead atoms. The maximum Gasteiger partial charge on any atom is 0.277 e. The van der Waals surface area contributed by atoms with Crippen LogP contribution in [0.25, 0.3) is 11.1 Å². The van der Waals surface area contributed by atoms with E-state index in [9.17, 15) is 4.79 Å². The quantitative estimate of drug-likeness (QED) is 0.571. The molecule has 0 radical (unpaired) electrons. The van der Waals surface area contributed by atoms with Gasteiger partial charge in [0, 0.05) is 0 Å². The van der Waals surface area contributed by atoms with E-state index >= 15 is 0 Å². The van der Waals surface area contributed by atoms with Gasteiger partial charge in [-0.2, -0.15) is 5.10 Å². The monoisotopic (exact) mass is 292 g/mol. The molecule has 22 heavy (non-hydrogen) atoms. The van der Waals surface area contributed by atoms with E-state index < -0.39 is 0 Å². The van der Waals surface area contributed by atoms with Crippen LogP contribution in [0.15, 0.2) is 71.7 Å². The standard InChI is InChI=1S/C17H16N4O/c18-20-15-11-19-21(12-13-7-3-1-4-8-13)17(22)16(15)14-9-5-2-6-10-14/h1-11,20H,12,18H2. The maximum atomic E-state index is 12.8. The van der Waals surface area contributed by atoms with Crippen LogP contribution in [-0.4, -0.2) is 9.78 Å². The fourth-order valence-electron chi connectivity index (χ4n) is 2.35. The van der Waals surface area contributed by atoms with Gasteiger partial charge in [0.1, 0.15) is 0 Å². The summed E-state index contributed by atoms with van der Waals surface area (Å²) < 4.78 is 1.44. The zero-order chi connectivity index (χ0) is 15.4. The van der Waals surface area contributed by atoms with Crippen molar-refractivity contribution in [1.29, 1.82) is 0 Å². The highest BCUT2D eigenvalue weighted by molar-refractivity contribution is 5.75. The van der Waals surface area contributed by atoms with Gasteiger partial charge < -0.3 is 5.43 Å². The third-order valence-electron chi connectivity index (χ3n) is 3.44. The second-order valence-electron chi connectivity index (χ2n) is 4.89. The van der Waals surface area contributed by atoms with Gasteiger partial charge in [-0.3, -0.25) is 10.6 Å². The predicted octanol–water partition coefficient (Wildman–Crippen LogP) is 2.24. The molecule has 0 saturated heterocycles. The highest BCUT2D eigenvalue weighted by Gasteiger charge is 2.12. The molecule has 3 aromatic rings. The minimum atomic E-state index is -0.175. The van der Waals surface area contributed by atoms with Gasteiger partial charge in [0.05, 0.1) is 24.0 Å². The van der Waals surface area contributed by atoms with Crippen LogP contribution in [0.2, 0.25) is 0 Å². The molecule has 110 valence electrons. The molecule has 0 fully saturated rings. The molecular weight excluding hydrogens is 276 g/mol. The second-order valence-corrected chi connectivity index (χ2v) is 4.89. The molecule has 0 amide bonds. The first-order valence-electron chi connectivity index (χ1n) is 6.95. The minimum absolute atomic E-state index is 0.175. The van der Waals surface area contributed by atoms with E-state index in [1.54, 1.807) is 6.20 Å². The number of hydrogen-bond acceptors (Lipinski definition) is 4. The van der Waals surface area contributed by atoms with E-state index in [2.05, 4.69) is 10.5 Å². The van der Waals surface area contributed by atoms with Crippen LogP contribution in [0.3, 0.4) is 0 Å². The normalized spacial score (nSPS) is 10.4. The molecule has 0 saturated carbocycles. The summed E-state index contributed by atoms with van der Waals surface area (Å²) in [4.78, 5) is 12.8. The van der Waals surface area contributed by atoms with Gasteiger partial charge in [0.15, 0.2) is 0 Å². The number of hydrazine groups is 1. The van der Waals surface area contributed by atoms with Crippen molar-refractivity contribution < 1.29 is 0 Å². The fourth-order valence-corrected chi connectivity index (χ4v) is 2.35. The van der Waals surface area contributed by atoms with E-state index in [0.717, 1.165) is 11.1 Å². The SMILES string of the molecule is NNc1cnn(Cc2ccccc2)c(=O)c1-c1ccccc1. The van der Waals surface area contributed by atoms with Gasteiger partial charge in [0.2, 0.25) is 0 Å². The first-order chi connectivity index (χ1) is 10.8. The molecule has 3 N–H and O–H groups in total. The molecule has 0 spiro atoms. The number of rotatable bonds is 4. The molecule has 0 aliphatic heterocycles. The molecule has 0 aliphatic rings. The van der Waals surface area contributed by atoms with Gasteiger partial charge in [-0.15, -0.1) is 0 Å². The van der Waals surface area contributed by atoms with Crippen LogP contribution in [0.4, 0.5) is 5.69 Å². The summed E-state index contributed by atoms with van der Waals surface area (Å²) in [6.07, 6.45) is 1.58. The number of benzene rings is 2. The summed E-state index contributed by atoms with van der Waals surface area (Å²) in [7, 11) is 0. The minimum Gasteiger partial charge on any atom is -0.322 e. The van der Waals surface area contributed by atoms with E-state index in [1.807, 2.05) is 60.7 Å². The molecule has 5 heteroatoms. The lowest BCUT2D eigenvalue weighted by molar-refractivity contribution is 0.641. The van der Waals surface area contributed by atoms with E-state index in [4.69, 9.17) is 5.84 Å². The lowest BCUT2D eigenvalue weighted by atomic mass is 10.1. The Morgan fingerprint density at radius 3 is 2.27 bits per heavy atom. The van der Waals surface area contributed by atoms with Crippen LogP contribution in [-0.2, 0) is 6.54 Å². The lowest BCUT2D eigenvalue weighted by Gasteiger charge is -2.11. The van der Waals surface area contributed by atoms with Gasteiger partial charge in [-0.05, 0) is 11.1 Å². The molecule has 0 atom stereocenters. The van der Waals surface area contributed by atoms with E-state index in [0.29, 0.717) is 17.8 Å². The molecule has 1 heterocycles. The zero-order valence-corrected chi connectivity index (χ0v) is 11.9. The van der Waals surface area contributed by atoms with Crippen molar-refractivity contribution in [2.45, 2.75) is 6.54 Å². The summed E-state index contributed by atoms with van der Waals surface area (Å²) >= 11 is 0. The Labute approximate surface area is 128 Å². The number of nitrogens with two attached hydrogens (primary N) is 1. The Bertz CT molecular complexity index is 813. The summed E-state index contributed by atoms with van der Waals surface area (Å²) in [5, 5.41) is 4.19. The molecule has 5 nitrogen and oxygen atoms in total. The van der Waals surface area contributed by atoms with Gasteiger partial charge in [-0.25, -0.2) is 4.68 Å². The van der Waals surface area contributed by atoms with Crippen molar-refractivity contribution in [2.75, 3.05) is 5.43 Å². The molecule has 0 unspecified atom stereocenters. The fraction of sp³-hybridized carbons (Fsp3) is 0.0588. The maximum absolute atomic E-state index is 12.8. The van der Waals surface area contributed by atoms with Gasteiger partial charge in [0.25, 0.3) is 5.56 Å². The first-order valence-corrected chi connectivity index (χ1v) is 6.95. The van der Waals surface area contributed by atoms with E-state index in [1.165, 1.54) is 4.68 Å². The Morgan fingerprint density at radius 1 is 1.00 bits per heavy atom. The van der Waals surface area contributed by atoms with Crippen molar-refractivity contribution in [1.82, 2.24) is 9.78 Å². The number of anilines is 1. The van der Waals surface area contributed by atoms with Crippen LogP contribution in [0, 0.1) is 0 Å². The third kappa shape index (κ3) is 2.75. The number of nitrogens with one attached hydrogen (secondary N) is 1. The first kappa shape index (κ1) is 14.0. The smallest absolute Gasteiger partial charge is 0.277 e. The number of nitrogen functional groups attached to an aromatic ring is 1. The van der Waals surface area contributed by atoms with Crippen LogP contribution < -0.4 is 16.8 Å². The van der Waals surface area contributed by atoms with Crippen molar-refractivity contribution in [3.63, 3.8) is 0 Å². The summed E-state index contributed by atoms with van der Waals surface area (Å²) in [5.41, 5.74) is 5.24. The molecule has 1 aromatic heterocycles. The van der Waals surface area contributed by atoms with Crippen LogP contribution >= 0.6 is 0 Å². The average Bonchev–Trinajstić information content (AvgIpc) is 2.58. The topological polar surface area (TPSA) is 72.9 Å². The third-order valence-corrected chi connectivity index (χ3v) is 3.44. The van der Waals surface area contributed by atoms with Crippen molar-refractivity contribution >= 4 is 5.69 Å². The summed E-state index contributed by atoms with van der Waals surface area (Å²) in [6.45, 7) is 0.421.